The largest absolute Gasteiger partial charge is 0.493 e. The zero-order valence-corrected chi connectivity index (χ0v) is 17.3. The van der Waals surface area contributed by atoms with E-state index in [1.54, 1.807) is 25.6 Å². The summed E-state index contributed by atoms with van der Waals surface area (Å²) in [5, 5.41) is 6.27. The van der Waals surface area contributed by atoms with Crippen molar-refractivity contribution >= 4 is 17.2 Å². The van der Waals surface area contributed by atoms with Crippen LogP contribution in [0.3, 0.4) is 0 Å². The van der Waals surface area contributed by atoms with E-state index in [0.717, 1.165) is 46.9 Å². The van der Waals surface area contributed by atoms with Gasteiger partial charge in [0.15, 0.2) is 17.3 Å². The van der Waals surface area contributed by atoms with Crippen LogP contribution in [0.2, 0.25) is 0 Å². The number of carbonyl (C=O) groups excluding carboxylic acids is 1. The van der Waals surface area contributed by atoms with Crippen LogP contribution in [0.15, 0.2) is 40.2 Å². The number of thiophene rings is 1. The number of nitrogens with zero attached hydrogens (tertiary/aromatic N) is 2. The van der Waals surface area contributed by atoms with Crippen molar-refractivity contribution in [3.05, 3.63) is 52.5 Å². The summed E-state index contributed by atoms with van der Waals surface area (Å²) in [5.41, 5.74) is 2.53. The van der Waals surface area contributed by atoms with E-state index in [1.165, 1.54) is 5.56 Å². The van der Waals surface area contributed by atoms with Crippen molar-refractivity contribution in [2.24, 2.45) is 0 Å². The van der Waals surface area contributed by atoms with E-state index in [1.807, 2.05) is 40.6 Å². The molecule has 0 spiro atoms. The smallest absolute Gasteiger partial charge is 0.235 e. The van der Waals surface area contributed by atoms with E-state index in [-0.39, 0.29) is 5.91 Å². The predicted molar refractivity (Wildman–Crippen MR) is 109 cm³/mol. The van der Waals surface area contributed by atoms with Gasteiger partial charge in [0.25, 0.3) is 0 Å². The minimum absolute atomic E-state index is 0.143. The van der Waals surface area contributed by atoms with Crippen molar-refractivity contribution < 1.29 is 18.8 Å². The van der Waals surface area contributed by atoms with Crippen molar-refractivity contribution in [3.8, 4) is 22.1 Å². The predicted octanol–water partition coefficient (Wildman–Crippen LogP) is 4.04. The second kappa shape index (κ2) is 6.91. The Hall–Kier alpha value is -2.80. The molecule has 1 aromatic carbocycles. The SMILES string of the molecule is COc1cc2c(cc1OC)CN(C(=O)C1(c3cc(-c4cccs4)on3)CC1)CC2. The Bertz CT molecular complexity index is 1050. The van der Waals surface area contributed by atoms with Crippen molar-refractivity contribution in [1.29, 1.82) is 0 Å². The Morgan fingerprint density at radius 1 is 1.17 bits per heavy atom. The van der Waals surface area contributed by atoms with Crippen molar-refractivity contribution in [2.75, 3.05) is 20.8 Å². The van der Waals surface area contributed by atoms with Crippen LogP contribution in [0, 0.1) is 0 Å². The standard InChI is InChI=1S/C22H22N2O4S/c1-26-16-10-14-5-8-24(13-15(14)11-17(16)27-2)21(25)22(6-7-22)20-12-18(28-23-20)19-4-3-9-29-19/h3-4,9-12H,5-8,13H2,1-2H3. The molecule has 3 heterocycles. The fourth-order valence-electron chi connectivity index (χ4n) is 4.10. The van der Waals surface area contributed by atoms with Gasteiger partial charge in [-0.05, 0) is 54.0 Å². The Kier molecular flexibility index (Phi) is 4.35. The van der Waals surface area contributed by atoms with Gasteiger partial charge >= 0.3 is 0 Å². The Labute approximate surface area is 173 Å². The van der Waals surface area contributed by atoms with E-state index in [9.17, 15) is 4.79 Å². The third-order valence-electron chi connectivity index (χ3n) is 5.93. The van der Waals surface area contributed by atoms with Gasteiger partial charge in [-0.15, -0.1) is 11.3 Å². The summed E-state index contributed by atoms with van der Waals surface area (Å²) < 4.78 is 16.4. The number of ether oxygens (including phenoxy) is 2. The average molecular weight is 410 g/mol. The molecule has 1 fully saturated rings. The van der Waals surface area contributed by atoms with Gasteiger partial charge in [0.05, 0.1) is 30.2 Å². The molecule has 1 aliphatic heterocycles. The Morgan fingerprint density at radius 2 is 1.93 bits per heavy atom. The van der Waals surface area contributed by atoms with Gasteiger partial charge < -0.3 is 18.9 Å². The summed E-state index contributed by atoms with van der Waals surface area (Å²) in [4.78, 5) is 16.4. The Morgan fingerprint density at radius 3 is 2.59 bits per heavy atom. The highest BCUT2D eigenvalue weighted by molar-refractivity contribution is 7.13. The number of amides is 1. The first kappa shape index (κ1) is 18.2. The van der Waals surface area contributed by atoms with Gasteiger partial charge in [0.1, 0.15) is 0 Å². The minimum atomic E-state index is -0.535. The quantitative estimate of drug-likeness (QED) is 0.635. The second-order valence-corrected chi connectivity index (χ2v) is 8.54. The molecule has 1 aliphatic carbocycles. The second-order valence-electron chi connectivity index (χ2n) is 7.59. The molecule has 0 radical (unpaired) electrons. The molecule has 7 heteroatoms. The first-order valence-corrected chi connectivity index (χ1v) is 10.6. The van der Waals surface area contributed by atoms with Crippen LogP contribution in [0.1, 0.15) is 29.7 Å². The third-order valence-corrected chi connectivity index (χ3v) is 6.81. The number of fused-ring (bicyclic) bond motifs is 1. The summed E-state index contributed by atoms with van der Waals surface area (Å²) >= 11 is 1.60. The molecule has 0 N–H and O–H groups in total. The molecule has 2 aromatic heterocycles. The van der Waals surface area contributed by atoms with Gasteiger partial charge in [0.2, 0.25) is 5.91 Å². The molecule has 3 aromatic rings. The van der Waals surface area contributed by atoms with Crippen LogP contribution >= 0.6 is 11.3 Å². The highest BCUT2D eigenvalue weighted by atomic mass is 32.1. The molecule has 150 valence electrons. The summed E-state index contributed by atoms with van der Waals surface area (Å²) in [6.07, 6.45) is 2.44. The number of hydrogen-bond acceptors (Lipinski definition) is 6. The highest BCUT2D eigenvalue weighted by Crippen LogP contribution is 2.50. The zero-order valence-electron chi connectivity index (χ0n) is 16.4. The van der Waals surface area contributed by atoms with Gasteiger partial charge in [-0.25, -0.2) is 0 Å². The summed E-state index contributed by atoms with van der Waals surface area (Å²) in [6.45, 7) is 1.27. The summed E-state index contributed by atoms with van der Waals surface area (Å²) in [7, 11) is 3.27. The Balaban J connectivity index is 1.39. The third kappa shape index (κ3) is 3.00. The lowest BCUT2D eigenvalue weighted by Crippen LogP contribution is -2.42. The minimum Gasteiger partial charge on any atom is -0.493 e. The number of carbonyl (C=O) groups is 1. The lowest BCUT2D eigenvalue weighted by atomic mass is 9.95. The van der Waals surface area contributed by atoms with E-state index < -0.39 is 5.41 Å². The molecule has 6 nitrogen and oxygen atoms in total. The number of benzene rings is 1. The molecule has 0 atom stereocenters. The van der Waals surface area contributed by atoms with Crippen molar-refractivity contribution in [2.45, 2.75) is 31.2 Å². The molecule has 1 saturated carbocycles. The number of methoxy groups -OCH3 is 2. The lowest BCUT2D eigenvalue weighted by molar-refractivity contribution is -0.135. The van der Waals surface area contributed by atoms with Gasteiger partial charge in [-0.3, -0.25) is 4.79 Å². The molecule has 1 amide bonds. The number of aromatic nitrogens is 1. The fourth-order valence-corrected chi connectivity index (χ4v) is 4.77. The van der Waals surface area contributed by atoms with E-state index in [2.05, 4.69) is 5.16 Å². The fraction of sp³-hybridized carbons (Fsp3) is 0.364. The first-order chi connectivity index (χ1) is 14.1. The molecule has 0 bridgehead atoms. The van der Waals surface area contributed by atoms with Gasteiger partial charge in [0, 0.05) is 19.2 Å². The lowest BCUT2D eigenvalue weighted by Gasteiger charge is -2.32. The maximum absolute atomic E-state index is 13.5. The number of hydrogen-bond donors (Lipinski definition) is 0. The average Bonchev–Trinajstić information content (AvgIpc) is 3.16. The molecule has 0 unspecified atom stereocenters. The van der Waals surface area contributed by atoms with Crippen LogP contribution in [0.25, 0.3) is 10.6 Å². The van der Waals surface area contributed by atoms with E-state index in [0.29, 0.717) is 18.8 Å². The van der Waals surface area contributed by atoms with Crippen molar-refractivity contribution in [3.63, 3.8) is 0 Å². The normalized spacial score (nSPS) is 17.0. The van der Waals surface area contributed by atoms with Gasteiger partial charge in [-0.1, -0.05) is 11.2 Å². The summed E-state index contributed by atoms with van der Waals surface area (Å²) in [5.74, 6) is 2.30. The molecular formula is C22H22N2O4S. The van der Waals surface area contributed by atoms with E-state index in [4.69, 9.17) is 14.0 Å². The molecule has 0 saturated heterocycles. The van der Waals surface area contributed by atoms with Crippen LogP contribution in [-0.4, -0.2) is 36.7 Å². The van der Waals surface area contributed by atoms with Crippen molar-refractivity contribution in [1.82, 2.24) is 10.1 Å². The van der Waals surface area contributed by atoms with Gasteiger partial charge in [-0.2, -0.15) is 0 Å². The maximum Gasteiger partial charge on any atom is 0.235 e. The molecule has 5 rings (SSSR count). The molecule has 2 aliphatic rings. The topological polar surface area (TPSA) is 64.8 Å². The van der Waals surface area contributed by atoms with Crippen LogP contribution in [-0.2, 0) is 23.2 Å². The maximum atomic E-state index is 13.5. The van der Waals surface area contributed by atoms with E-state index >= 15 is 0 Å². The highest BCUT2D eigenvalue weighted by Gasteiger charge is 2.55. The molecule has 29 heavy (non-hydrogen) atoms. The van der Waals surface area contributed by atoms with Crippen LogP contribution < -0.4 is 9.47 Å². The molecular weight excluding hydrogens is 388 g/mol. The zero-order chi connectivity index (χ0) is 20.0. The first-order valence-electron chi connectivity index (χ1n) is 9.69. The number of rotatable bonds is 5. The summed E-state index contributed by atoms with van der Waals surface area (Å²) in [6, 6.07) is 9.92. The monoisotopic (exact) mass is 410 g/mol. The van der Waals surface area contributed by atoms with Crippen LogP contribution in [0.5, 0.6) is 11.5 Å². The van der Waals surface area contributed by atoms with Crippen LogP contribution in [0.4, 0.5) is 0 Å².